The van der Waals surface area contributed by atoms with E-state index in [-0.39, 0.29) is 11.8 Å². The van der Waals surface area contributed by atoms with Crippen LogP contribution in [-0.2, 0) is 4.79 Å². The molecule has 24 heavy (non-hydrogen) atoms. The van der Waals surface area contributed by atoms with Crippen LogP contribution < -0.4 is 4.74 Å². The number of aldehydes is 1. The lowest BCUT2D eigenvalue weighted by Gasteiger charge is -2.30. The molecule has 0 saturated heterocycles. The molecular weight excluding hydrogens is 298 g/mol. The molecule has 120 valence electrons. The molecule has 1 aliphatic carbocycles. The molecule has 3 heteroatoms. The highest BCUT2D eigenvalue weighted by molar-refractivity contribution is 5.74. The van der Waals surface area contributed by atoms with Gasteiger partial charge in [-0.3, -0.25) is 4.79 Å². The average molecular weight is 317 g/mol. The summed E-state index contributed by atoms with van der Waals surface area (Å²) in [5.41, 5.74) is 3.68. The lowest BCUT2D eigenvalue weighted by Crippen LogP contribution is -2.16. The predicted octanol–water partition coefficient (Wildman–Crippen LogP) is 4.35. The number of methoxy groups -OCH3 is 1. The fourth-order valence-corrected chi connectivity index (χ4v) is 3.45. The zero-order chi connectivity index (χ0) is 16.9. The van der Waals surface area contributed by atoms with Gasteiger partial charge in [0, 0.05) is 5.92 Å². The summed E-state index contributed by atoms with van der Waals surface area (Å²) in [6, 6.07) is 18.0. The third-order valence-corrected chi connectivity index (χ3v) is 4.71. The van der Waals surface area contributed by atoms with E-state index in [1.54, 1.807) is 7.11 Å². The first-order valence-electron chi connectivity index (χ1n) is 8.05. The Morgan fingerprint density at radius 3 is 2.58 bits per heavy atom. The van der Waals surface area contributed by atoms with Gasteiger partial charge in [-0.15, -0.1) is 0 Å². The molecule has 0 N–H and O–H groups in total. The highest BCUT2D eigenvalue weighted by atomic mass is 16.5. The highest BCUT2D eigenvalue weighted by Crippen LogP contribution is 2.43. The molecule has 2 atom stereocenters. The van der Waals surface area contributed by atoms with Crippen LogP contribution in [0.1, 0.15) is 41.4 Å². The number of carbonyl (C=O) groups excluding carboxylic acids is 1. The van der Waals surface area contributed by atoms with E-state index in [0.717, 1.165) is 36.0 Å². The smallest absolute Gasteiger partial charge is 0.145 e. The molecule has 0 heterocycles. The van der Waals surface area contributed by atoms with Crippen LogP contribution in [0.5, 0.6) is 5.75 Å². The summed E-state index contributed by atoms with van der Waals surface area (Å²) in [4.78, 5) is 11.3. The number of hydrogen-bond donors (Lipinski definition) is 0. The van der Waals surface area contributed by atoms with Gasteiger partial charge in [0.15, 0.2) is 0 Å². The minimum absolute atomic E-state index is 0.0307. The summed E-state index contributed by atoms with van der Waals surface area (Å²) >= 11 is 0. The van der Waals surface area contributed by atoms with Crippen molar-refractivity contribution in [1.82, 2.24) is 0 Å². The van der Waals surface area contributed by atoms with Gasteiger partial charge in [-0.25, -0.2) is 0 Å². The van der Waals surface area contributed by atoms with Gasteiger partial charge in [-0.05, 0) is 53.7 Å². The van der Waals surface area contributed by atoms with Crippen molar-refractivity contribution < 1.29 is 9.53 Å². The van der Waals surface area contributed by atoms with Gasteiger partial charge in [0.1, 0.15) is 12.0 Å². The third kappa shape index (κ3) is 3.09. The Morgan fingerprint density at radius 1 is 1.17 bits per heavy atom. The number of benzene rings is 2. The maximum Gasteiger partial charge on any atom is 0.145 e. The van der Waals surface area contributed by atoms with Gasteiger partial charge in [0.2, 0.25) is 0 Å². The highest BCUT2D eigenvalue weighted by Gasteiger charge is 2.29. The summed E-state index contributed by atoms with van der Waals surface area (Å²) in [6.07, 6.45) is 4.63. The van der Waals surface area contributed by atoms with Crippen molar-refractivity contribution in [2.75, 3.05) is 7.11 Å². The Balaban J connectivity index is 2.05. The summed E-state index contributed by atoms with van der Waals surface area (Å²) in [5.74, 6) is 1.10. The molecule has 2 aromatic rings. The Morgan fingerprint density at radius 2 is 1.92 bits per heavy atom. The van der Waals surface area contributed by atoms with Gasteiger partial charge >= 0.3 is 0 Å². The Bertz CT molecular complexity index is 799. The molecule has 0 aromatic heterocycles. The van der Waals surface area contributed by atoms with Crippen LogP contribution in [0.2, 0.25) is 0 Å². The van der Waals surface area contributed by atoms with Crippen molar-refractivity contribution in [1.29, 1.82) is 5.26 Å². The number of allylic oxidation sites excluding steroid dienone is 2. The molecule has 3 nitrogen and oxygen atoms in total. The summed E-state index contributed by atoms with van der Waals surface area (Å²) in [6.45, 7) is 0. The quantitative estimate of drug-likeness (QED) is 0.788. The van der Waals surface area contributed by atoms with E-state index in [2.05, 4.69) is 18.2 Å². The topological polar surface area (TPSA) is 50.1 Å². The fraction of sp³-hybridized carbons (Fsp3) is 0.238. The molecular formula is C21H19NO2. The van der Waals surface area contributed by atoms with Crippen molar-refractivity contribution in [3.8, 4) is 11.8 Å². The number of carbonyl (C=O) groups is 1. The third-order valence-electron chi connectivity index (χ3n) is 4.71. The molecule has 0 saturated carbocycles. The summed E-state index contributed by atoms with van der Waals surface area (Å²) in [5, 5.41) is 9.44. The molecule has 3 rings (SSSR count). The standard InChI is InChI=1S/C21H19NO2/c1-24-18-9-7-16(8-10-18)20-11-6-15(14-23)12-21(20)19-5-3-2-4-17(19)13-22/h2-5,7-10,12,14,20-21H,6,11H2,1H3. The second-order valence-corrected chi connectivity index (χ2v) is 6.00. The molecule has 0 bridgehead atoms. The van der Waals surface area contributed by atoms with E-state index in [0.29, 0.717) is 5.56 Å². The number of hydrogen-bond acceptors (Lipinski definition) is 3. The van der Waals surface area contributed by atoms with Crippen molar-refractivity contribution in [3.63, 3.8) is 0 Å². The van der Waals surface area contributed by atoms with Gasteiger partial charge < -0.3 is 4.74 Å². The predicted molar refractivity (Wildman–Crippen MR) is 93.0 cm³/mol. The van der Waals surface area contributed by atoms with Crippen molar-refractivity contribution in [2.45, 2.75) is 24.7 Å². The van der Waals surface area contributed by atoms with Crippen LogP contribution in [0.3, 0.4) is 0 Å². The van der Waals surface area contributed by atoms with E-state index in [1.165, 1.54) is 5.56 Å². The molecule has 0 fully saturated rings. The maximum absolute atomic E-state index is 11.3. The first-order chi connectivity index (χ1) is 11.8. The van der Waals surface area contributed by atoms with Crippen LogP contribution in [-0.4, -0.2) is 13.4 Å². The maximum atomic E-state index is 11.3. The largest absolute Gasteiger partial charge is 0.497 e. The van der Waals surface area contributed by atoms with E-state index >= 15 is 0 Å². The SMILES string of the molecule is COc1ccc(C2CCC(C=O)=CC2c2ccccc2C#N)cc1. The molecule has 2 aromatic carbocycles. The molecule has 0 amide bonds. The zero-order valence-electron chi connectivity index (χ0n) is 13.6. The molecule has 2 unspecified atom stereocenters. The van der Waals surface area contributed by atoms with Crippen molar-refractivity contribution in [2.24, 2.45) is 0 Å². The normalized spacial score (nSPS) is 19.9. The van der Waals surface area contributed by atoms with Crippen LogP contribution in [0.15, 0.2) is 60.2 Å². The molecule has 0 aliphatic heterocycles. The molecule has 0 spiro atoms. The van der Waals surface area contributed by atoms with Gasteiger partial charge in [0.25, 0.3) is 0 Å². The van der Waals surface area contributed by atoms with E-state index in [4.69, 9.17) is 4.74 Å². The zero-order valence-corrected chi connectivity index (χ0v) is 13.6. The molecule has 0 radical (unpaired) electrons. The van der Waals surface area contributed by atoms with Gasteiger partial charge in [-0.1, -0.05) is 36.4 Å². The number of ether oxygens (including phenoxy) is 1. The number of rotatable bonds is 4. The number of nitrogens with zero attached hydrogens (tertiary/aromatic N) is 1. The number of nitriles is 1. The monoisotopic (exact) mass is 317 g/mol. The second kappa shape index (κ2) is 7.14. The minimum Gasteiger partial charge on any atom is -0.497 e. The average Bonchev–Trinajstić information content (AvgIpc) is 2.67. The summed E-state index contributed by atoms with van der Waals surface area (Å²) in [7, 11) is 1.65. The van der Waals surface area contributed by atoms with Crippen LogP contribution >= 0.6 is 0 Å². The molecule has 1 aliphatic rings. The van der Waals surface area contributed by atoms with Gasteiger partial charge in [0.05, 0.1) is 18.7 Å². The Labute approximate surface area is 142 Å². The Hall–Kier alpha value is -2.86. The minimum atomic E-state index is 0.0307. The van der Waals surface area contributed by atoms with E-state index in [9.17, 15) is 10.1 Å². The van der Waals surface area contributed by atoms with Crippen LogP contribution in [0.4, 0.5) is 0 Å². The Kier molecular flexibility index (Phi) is 4.77. The van der Waals surface area contributed by atoms with Crippen LogP contribution in [0.25, 0.3) is 0 Å². The lowest BCUT2D eigenvalue weighted by atomic mass is 9.73. The summed E-state index contributed by atoms with van der Waals surface area (Å²) < 4.78 is 5.24. The fourth-order valence-electron chi connectivity index (χ4n) is 3.45. The first kappa shape index (κ1) is 16.0. The van der Waals surface area contributed by atoms with Gasteiger partial charge in [-0.2, -0.15) is 5.26 Å². The lowest BCUT2D eigenvalue weighted by molar-refractivity contribution is -0.105. The second-order valence-electron chi connectivity index (χ2n) is 6.00. The van der Waals surface area contributed by atoms with Crippen LogP contribution in [0, 0.1) is 11.3 Å². The van der Waals surface area contributed by atoms with E-state index < -0.39 is 0 Å². The van der Waals surface area contributed by atoms with Crippen molar-refractivity contribution in [3.05, 3.63) is 76.9 Å². The first-order valence-corrected chi connectivity index (χ1v) is 8.05. The van der Waals surface area contributed by atoms with E-state index in [1.807, 2.05) is 42.5 Å². The van der Waals surface area contributed by atoms with Crippen molar-refractivity contribution >= 4 is 6.29 Å².